The zero-order valence-corrected chi connectivity index (χ0v) is 23.8. The third-order valence-electron chi connectivity index (χ3n) is 7.60. The summed E-state index contributed by atoms with van der Waals surface area (Å²) in [7, 11) is 0. The zero-order chi connectivity index (χ0) is 25.9. The molecule has 7 atom stereocenters. The topological polar surface area (TPSA) is 74.8 Å². The van der Waals surface area contributed by atoms with Crippen molar-refractivity contribution in [2.24, 2.45) is 23.7 Å². The summed E-state index contributed by atoms with van der Waals surface area (Å²) >= 11 is 19.6. The fourth-order valence-electron chi connectivity index (χ4n) is 5.94. The van der Waals surface area contributed by atoms with E-state index in [9.17, 15) is 19.2 Å². The quantitative estimate of drug-likeness (QED) is 0.224. The number of carbonyl (C=O) groups is 4. The average molecular weight is 657 g/mol. The van der Waals surface area contributed by atoms with Crippen LogP contribution in [0.25, 0.3) is 0 Å². The SMILES string of the molecule is CC[C@H](C(=O)c1ccccc1)N(C(=O)c1ccc(Cl)c(Cl)c1)N1C(=O)[C@@H]2[C@H]3C[C@@H]([C@H](Br)[C@H]3Br)[C@H]2C1=O. The molecule has 3 amide bonds. The van der Waals surface area contributed by atoms with Gasteiger partial charge in [-0.1, -0.05) is 92.3 Å². The molecular weight excluding hydrogens is 635 g/mol. The molecule has 1 heterocycles. The van der Waals surface area contributed by atoms with Crippen molar-refractivity contribution in [2.45, 2.75) is 35.5 Å². The lowest BCUT2D eigenvalue weighted by molar-refractivity contribution is -0.157. The van der Waals surface area contributed by atoms with Gasteiger partial charge in [-0.15, -0.1) is 0 Å². The van der Waals surface area contributed by atoms with Crippen molar-refractivity contribution in [3.63, 3.8) is 0 Å². The van der Waals surface area contributed by atoms with Crippen LogP contribution in [0.3, 0.4) is 0 Å². The minimum absolute atomic E-state index is 0.0299. The summed E-state index contributed by atoms with van der Waals surface area (Å²) in [5.41, 5.74) is 0.512. The number of benzene rings is 2. The van der Waals surface area contributed by atoms with Crippen molar-refractivity contribution in [3.05, 3.63) is 69.7 Å². The first-order valence-electron chi connectivity index (χ1n) is 11.7. The van der Waals surface area contributed by atoms with E-state index in [0.29, 0.717) is 5.56 Å². The van der Waals surface area contributed by atoms with E-state index >= 15 is 0 Å². The Labute approximate surface area is 235 Å². The fraction of sp³-hybridized carbons (Fsp3) is 0.385. The number of amides is 3. The highest BCUT2D eigenvalue weighted by Gasteiger charge is 2.68. The predicted octanol–water partition coefficient (Wildman–Crippen LogP) is 5.79. The molecule has 3 aliphatic rings. The molecule has 5 rings (SSSR count). The van der Waals surface area contributed by atoms with Gasteiger partial charge in [0.25, 0.3) is 17.7 Å². The summed E-state index contributed by atoms with van der Waals surface area (Å²) < 4.78 is 0. The van der Waals surface area contributed by atoms with Crippen LogP contribution < -0.4 is 0 Å². The fourth-order valence-corrected chi connectivity index (χ4v) is 8.11. The molecule has 2 aromatic carbocycles. The summed E-state index contributed by atoms with van der Waals surface area (Å²) in [6.07, 6.45) is 0.954. The molecule has 0 spiro atoms. The smallest absolute Gasteiger partial charge is 0.273 e. The number of carbonyl (C=O) groups excluding carboxylic acids is 4. The molecule has 1 aliphatic heterocycles. The number of hydrogen-bond acceptors (Lipinski definition) is 4. The van der Waals surface area contributed by atoms with Gasteiger partial charge in [-0.2, -0.15) is 5.01 Å². The van der Waals surface area contributed by atoms with E-state index in [0.717, 1.165) is 16.4 Å². The molecule has 3 fully saturated rings. The Balaban J connectivity index is 1.59. The van der Waals surface area contributed by atoms with Crippen LogP contribution in [0, 0.1) is 23.7 Å². The highest BCUT2D eigenvalue weighted by Crippen LogP contribution is 2.60. The summed E-state index contributed by atoms with van der Waals surface area (Å²) in [4.78, 5) is 55.4. The van der Waals surface area contributed by atoms with Gasteiger partial charge >= 0.3 is 0 Å². The van der Waals surface area contributed by atoms with Gasteiger partial charge in [0, 0.05) is 20.8 Å². The molecule has 188 valence electrons. The lowest BCUT2D eigenvalue weighted by Crippen LogP contribution is -2.57. The van der Waals surface area contributed by atoms with Gasteiger partial charge < -0.3 is 0 Å². The van der Waals surface area contributed by atoms with Crippen LogP contribution in [0.1, 0.15) is 40.5 Å². The number of alkyl halides is 2. The number of imide groups is 1. The van der Waals surface area contributed by atoms with Crippen LogP contribution in [-0.2, 0) is 9.59 Å². The summed E-state index contributed by atoms with van der Waals surface area (Å²) in [5, 5.41) is 2.42. The molecule has 10 heteroatoms. The molecule has 0 unspecified atom stereocenters. The van der Waals surface area contributed by atoms with Gasteiger partial charge in [-0.05, 0) is 42.9 Å². The van der Waals surface area contributed by atoms with Crippen molar-refractivity contribution >= 4 is 78.6 Å². The molecule has 2 saturated carbocycles. The third kappa shape index (κ3) is 3.96. The van der Waals surface area contributed by atoms with Crippen molar-refractivity contribution in [2.75, 3.05) is 0 Å². The lowest BCUT2D eigenvalue weighted by atomic mass is 9.81. The largest absolute Gasteiger partial charge is 0.292 e. The van der Waals surface area contributed by atoms with Crippen LogP contribution >= 0.6 is 55.1 Å². The molecule has 2 aliphatic carbocycles. The number of hydrazine groups is 1. The Kier molecular flexibility index (Phi) is 7.09. The molecule has 2 bridgehead atoms. The van der Waals surface area contributed by atoms with Crippen molar-refractivity contribution in [3.8, 4) is 0 Å². The highest BCUT2D eigenvalue weighted by atomic mass is 79.9. The van der Waals surface area contributed by atoms with Gasteiger partial charge in [0.2, 0.25) is 0 Å². The molecule has 2 aromatic rings. The van der Waals surface area contributed by atoms with Gasteiger partial charge in [-0.25, -0.2) is 5.01 Å². The Bertz CT molecular complexity index is 1230. The van der Waals surface area contributed by atoms with Crippen LogP contribution in [0.5, 0.6) is 0 Å². The second-order valence-electron chi connectivity index (χ2n) is 9.43. The number of Topliss-reactive ketones (excluding diaryl/α,β-unsaturated/α-hetero) is 1. The first-order valence-corrected chi connectivity index (χ1v) is 14.3. The van der Waals surface area contributed by atoms with Crippen molar-refractivity contribution < 1.29 is 19.2 Å². The summed E-state index contributed by atoms with van der Waals surface area (Å²) in [6, 6.07) is 11.8. The van der Waals surface area contributed by atoms with E-state index < -0.39 is 35.6 Å². The monoisotopic (exact) mass is 654 g/mol. The van der Waals surface area contributed by atoms with Gasteiger partial charge in [0.15, 0.2) is 5.78 Å². The molecule has 6 nitrogen and oxygen atoms in total. The predicted molar refractivity (Wildman–Crippen MR) is 143 cm³/mol. The number of halogens is 4. The van der Waals surface area contributed by atoms with Crippen LogP contribution in [-0.4, -0.2) is 49.2 Å². The van der Waals surface area contributed by atoms with E-state index in [1.165, 1.54) is 18.2 Å². The van der Waals surface area contributed by atoms with Gasteiger partial charge in [0.05, 0.1) is 21.9 Å². The first-order chi connectivity index (χ1) is 17.2. The Hall–Kier alpha value is -1.74. The first kappa shape index (κ1) is 25.9. The Morgan fingerprint density at radius 2 is 1.53 bits per heavy atom. The molecule has 0 N–H and O–H groups in total. The summed E-state index contributed by atoms with van der Waals surface area (Å²) in [6.45, 7) is 1.75. The number of fused-ring (bicyclic) bond motifs is 5. The van der Waals surface area contributed by atoms with E-state index in [1.807, 2.05) is 0 Å². The number of nitrogens with zero attached hydrogens (tertiary/aromatic N) is 2. The maximum atomic E-state index is 14.0. The standard InChI is InChI=1S/C26H22Br2Cl2N2O4/c1-2-18(23(33)12-6-4-3-5-7-12)31(24(34)13-8-9-16(29)17(30)10-13)32-25(35)19-14-11-15(20(19)26(32)36)22(28)21(14)27/h3-10,14-15,18-22H,2,11H2,1H3/t14-,15-,18-,19-,20-,21+,22+/m1/s1. The third-order valence-corrected chi connectivity index (χ3v) is 11.5. The van der Waals surface area contributed by atoms with E-state index in [2.05, 4.69) is 31.9 Å². The highest BCUT2D eigenvalue weighted by molar-refractivity contribution is 9.12. The maximum absolute atomic E-state index is 14.0. The second kappa shape index (κ2) is 9.86. The summed E-state index contributed by atoms with van der Waals surface area (Å²) in [5.74, 6) is -3.02. The minimum atomic E-state index is -1.07. The molecule has 0 aromatic heterocycles. The molecular formula is C26H22Br2Cl2N2O4. The maximum Gasteiger partial charge on any atom is 0.273 e. The van der Waals surface area contributed by atoms with Crippen molar-refractivity contribution in [1.29, 1.82) is 0 Å². The van der Waals surface area contributed by atoms with Gasteiger partial charge in [-0.3, -0.25) is 19.2 Å². The van der Waals surface area contributed by atoms with Crippen molar-refractivity contribution in [1.82, 2.24) is 10.0 Å². The number of hydrogen-bond donors (Lipinski definition) is 0. The number of rotatable bonds is 6. The molecule has 1 saturated heterocycles. The molecule has 0 radical (unpaired) electrons. The lowest BCUT2D eigenvalue weighted by Gasteiger charge is -2.36. The Morgan fingerprint density at radius 1 is 0.944 bits per heavy atom. The van der Waals surface area contributed by atoms with Crippen LogP contribution in [0.4, 0.5) is 0 Å². The number of ketones is 1. The normalized spacial score (nSPS) is 29.4. The minimum Gasteiger partial charge on any atom is -0.292 e. The van der Waals surface area contributed by atoms with Gasteiger partial charge in [0.1, 0.15) is 6.04 Å². The Morgan fingerprint density at radius 3 is 2.06 bits per heavy atom. The molecule has 36 heavy (non-hydrogen) atoms. The average Bonchev–Trinajstić information content (AvgIpc) is 3.49. The zero-order valence-electron chi connectivity index (χ0n) is 19.1. The van der Waals surface area contributed by atoms with E-state index in [4.69, 9.17) is 23.2 Å². The van der Waals surface area contributed by atoms with E-state index in [1.54, 1.807) is 37.3 Å². The second-order valence-corrected chi connectivity index (χ2v) is 12.4. The van der Waals surface area contributed by atoms with Crippen LogP contribution in [0.15, 0.2) is 48.5 Å². The van der Waals surface area contributed by atoms with E-state index in [-0.39, 0.29) is 49.3 Å². The van der Waals surface area contributed by atoms with Crippen LogP contribution in [0.2, 0.25) is 10.0 Å².